The summed E-state index contributed by atoms with van der Waals surface area (Å²) < 4.78 is 0. The van der Waals surface area contributed by atoms with Crippen LogP contribution < -0.4 is 5.32 Å². The molecule has 1 N–H and O–H groups in total. The zero-order valence-electron chi connectivity index (χ0n) is 12.8. The number of rotatable bonds is 6. The van der Waals surface area contributed by atoms with Gasteiger partial charge in [-0.15, -0.1) is 0 Å². The van der Waals surface area contributed by atoms with Crippen molar-refractivity contribution in [3.05, 3.63) is 71.3 Å². The fourth-order valence-corrected chi connectivity index (χ4v) is 2.43. The second-order valence-corrected chi connectivity index (χ2v) is 5.62. The van der Waals surface area contributed by atoms with Crippen molar-refractivity contribution in [2.75, 3.05) is 6.54 Å². The lowest BCUT2D eigenvalue weighted by molar-refractivity contribution is 0.472. The molecule has 0 fully saturated rings. The molecule has 0 radical (unpaired) electrons. The van der Waals surface area contributed by atoms with E-state index in [4.69, 9.17) is 0 Å². The molecule has 0 spiro atoms. The Morgan fingerprint density at radius 1 is 0.950 bits per heavy atom. The van der Waals surface area contributed by atoms with Crippen LogP contribution in [0.1, 0.15) is 43.0 Å². The van der Waals surface area contributed by atoms with Crippen molar-refractivity contribution in [1.29, 1.82) is 0 Å². The predicted octanol–water partition coefficient (Wildman–Crippen LogP) is 4.72. The summed E-state index contributed by atoms with van der Waals surface area (Å²) in [4.78, 5) is 0. The Labute approximate surface area is 123 Å². The molecule has 106 valence electrons. The molecule has 0 aliphatic carbocycles. The van der Waals surface area contributed by atoms with Crippen LogP contribution in [0.15, 0.2) is 54.6 Å². The summed E-state index contributed by atoms with van der Waals surface area (Å²) in [5.41, 5.74) is 4.06. The smallest absolute Gasteiger partial charge is 0.0579 e. The molecule has 20 heavy (non-hydrogen) atoms. The summed E-state index contributed by atoms with van der Waals surface area (Å²) >= 11 is 0. The van der Waals surface area contributed by atoms with Crippen molar-refractivity contribution in [3.63, 3.8) is 0 Å². The van der Waals surface area contributed by atoms with E-state index in [1.807, 2.05) is 0 Å². The monoisotopic (exact) mass is 267 g/mol. The number of hydrogen-bond donors (Lipinski definition) is 1. The number of nitrogens with one attached hydrogen (secondary N) is 1. The molecule has 0 saturated carbocycles. The predicted molar refractivity (Wildman–Crippen MR) is 86.9 cm³/mol. The van der Waals surface area contributed by atoms with Gasteiger partial charge < -0.3 is 5.32 Å². The first-order valence-corrected chi connectivity index (χ1v) is 7.56. The lowest BCUT2D eigenvalue weighted by atomic mass is 9.94. The van der Waals surface area contributed by atoms with Crippen LogP contribution >= 0.6 is 0 Å². The molecule has 1 nitrogen and oxygen atoms in total. The normalized spacial score (nSPS) is 13.9. The molecular formula is C19H25N. The molecule has 2 aromatic rings. The summed E-state index contributed by atoms with van der Waals surface area (Å²) in [6, 6.07) is 19.7. The van der Waals surface area contributed by atoms with Crippen LogP contribution in [0, 0.1) is 12.8 Å². The zero-order chi connectivity index (χ0) is 14.4. The SMILES string of the molecule is CCC(C)CNC(c1ccccc1)c1ccccc1C. The van der Waals surface area contributed by atoms with Crippen LogP contribution in [0.4, 0.5) is 0 Å². The standard InChI is InChI=1S/C19H25N/c1-4-15(2)14-20-19(17-11-6-5-7-12-17)18-13-9-8-10-16(18)3/h5-13,15,19-20H,4,14H2,1-3H3. The molecule has 2 rings (SSSR count). The lowest BCUT2D eigenvalue weighted by Crippen LogP contribution is -2.27. The highest BCUT2D eigenvalue weighted by molar-refractivity contribution is 5.36. The van der Waals surface area contributed by atoms with E-state index in [1.165, 1.54) is 23.1 Å². The maximum Gasteiger partial charge on any atom is 0.0579 e. The van der Waals surface area contributed by atoms with E-state index in [0.717, 1.165) is 6.54 Å². The average Bonchev–Trinajstić information content (AvgIpc) is 2.50. The molecule has 0 saturated heterocycles. The summed E-state index contributed by atoms with van der Waals surface area (Å²) in [7, 11) is 0. The average molecular weight is 267 g/mol. The highest BCUT2D eigenvalue weighted by Gasteiger charge is 2.15. The van der Waals surface area contributed by atoms with E-state index in [-0.39, 0.29) is 6.04 Å². The second-order valence-electron chi connectivity index (χ2n) is 5.62. The Hall–Kier alpha value is -1.60. The fourth-order valence-electron chi connectivity index (χ4n) is 2.43. The third-order valence-corrected chi connectivity index (χ3v) is 4.00. The molecule has 0 aliphatic heterocycles. The van der Waals surface area contributed by atoms with E-state index in [0.29, 0.717) is 5.92 Å². The maximum absolute atomic E-state index is 3.74. The highest BCUT2D eigenvalue weighted by Crippen LogP contribution is 2.25. The van der Waals surface area contributed by atoms with E-state index < -0.39 is 0 Å². The quantitative estimate of drug-likeness (QED) is 0.798. The van der Waals surface area contributed by atoms with E-state index in [9.17, 15) is 0 Å². The zero-order valence-corrected chi connectivity index (χ0v) is 12.8. The van der Waals surface area contributed by atoms with Gasteiger partial charge in [0.1, 0.15) is 0 Å². The lowest BCUT2D eigenvalue weighted by Gasteiger charge is -2.23. The number of aryl methyl sites for hydroxylation is 1. The van der Waals surface area contributed by atoms with Gasteiger partial charge in [-0.3, -0.25) is 0 Å². The molecule has 2 atom stereocenters. The van der Waals surface area contributed by atoms with Crippen molar-refractivity contribution in [1.82, 2.24) is 5.32 Å². The van der Waals surface area contributed by atoms with Gasteiger partial charge in [0, 0.05) is 0 Å². The van der Waals surface area contributed by atoms with Crippen molar-refractivity contribution >= 4 is 0 Å². The topological polar surface area (TPSA) is 12.0 Å². The van der Waals surface area contributed by atoms with Gasteiger partial charge in [0.05, 0.1) is 6.04 Å². The van der Waals surface area contributed by atoms with Gasteiger partial charge in [0.25, 0.3) is 0 Å². The van der Waals surface area contributed by atoms with Crippen LogP contribution in [0.3, 0.4) is 0 Å². The van der Waals surface area contributed by atoms with Crippen LogP contribution in [-0.4, -0.2) is 6.54 Å². The maximum atomic E-state index is 3.74. The largest absolute Gasteiger partial charge is 0.306 e. The molecule has 0 amide bonds. The highest BCUT2D eigenvalue weighted by atomic mass is 14.9. The van der Waals surface area contributed by atoms with E-state index in [2.05, 4.69) is 80.7 Å². The molecule has 0 aliphatic rings. The molecule has 0 aromatic heterocycles. The Bertz CT molecular complexity index is 518. The van der Waals surface area contributed by atoms with Crippen molar-refractivity contribution in [3.8, 4) is 0 Å². The Kier molecular flexibility index (Phi) is 5.37. The Balaban J connectivity index is 2.27. The fraction of sp³-hybridized carbons (Fsp3) is 0.368. The van der Waals surface area contributed by atoms with Crippen LogP contribution in [0.5, 0.6) is 0 Å². The summed E-state index contributed by atoms with van der Waals surface area (Å²) in [5, 5.41) is 3.74. The molecule has 2 aromatic carbocycles. The van der Waals surface area contributed by atoms with E-state index in [1.54, 1.807) is 0 Å². The minimum atomic E-state index is 0.284. The second kappa shape index (κ2) is 7.25. The summed E-state index contributed by atoms with van der Waals surface area (Å²) in [6.45, 7) is 7.78. The molecule has 0 bridgehead atoms. The van der Waals surface area contributed by atoms with Gasteiger partial charge in [-0.2, -0.15) is 0 Å². The summed E-state index contributed by atoms with van der Waals surface area (Å²) in [5.74, 6) is 0.699. The third-order valence-electron chi connectivity index (χ3n) is 4.00. The van der Waals surface area contributed by atoms with Crippen molar-refractivity contribution in [2.24, 2.45) is 5.92 Å². The Morgan fingerprint density at radius 2 is 1.60 bits per heavy atom. The first-order chi connectivity index (χ1) is 9.72. The third kappa shape index (κ3) is 3.71. The molecule has 0 heterocycles. The van der Waals surface area contributed by atoms with Gasteiger partial charge in [-0.25, -0.2) is 0 Å². The number of hydrogen-bond acceptors (Lipinski definition) is 1. The minimum absolute atomic E-state index is 0.284. The minimum Gasteiger partial charge on any atom is -0.306 e. The van der Waals surface area contributed by atoms with Crippen LogP contribution in [0.2, 0.25) is 0 Å². The summed E-state index contributed by atoms with van der Waals surface area (Å²) in [6.07, 6.45) is 1.21. The van der Waals surface area contributed by atoms with Crippen molar-refractivity contribution < 1.29 is 0 Å². The molecule has 1 heteroatoms. The van der Waals surface area contributed by atoms with Crippen LogP contribution in [0.25, 0.3) is 0 Å². The molecular weight excluding hydrogens is 242 g/mol. The van der Waals surface area contributed by atoms with Gasteiger partial charge in [-0.05, 0) is 36.1 Å². The number of benzene rings is 2. The molecule has 2 unspecified atom stereocenters. The Morgan fingerprint density at radius 3 is 2.25 bits per heavy atom. The van der Waals surface area contributed by atoms with Gasteiger partial charge in [0.2, 0.25) is 0 Å². The van der Waals surface area contributed by atoms with E-state index >= 15 is 0 Å². The van der Waals surface area contributed by atoms with Crippen LogP contribution in [-0.2, 0) is 0 Å². The first-order valence-electron chi connectivity index (χ1n) is 7.56. The first kappa shape index (κ1) is 14.8. The van der Waals surface area contributed by atoms with Gasteiger partial charge in [-0.1, -0.05) is 74.9 Å². The van der Waals surface area contributed by atoms with Crippen molar-refractivity contribution in [2.45, 2.75) is 33.2 Å². The van der Waals surface area contributed by atoms with Gasteiger partial charge in [0.15, 0.2) is 0 Å². The van der Waals surface area contributed by atoms with Gasteiger partial charge >= 0.3 is 0 Å².